The Hall–Kier alpha value is -2.78. The lowest BCUT2D eigenvalue weighted by molar-refractivity contribution is -0.227. The Balaban J connectivity index is 1.96. The molecule has 1 saturated heterocycles. The number of aliphatic hydroxyl groups is 1. The predicted octanol–water partition coefficient (Wildman–Crippen LogP) is 3.93. The van der Waals surface area contributed by atoms with Crippen LogP contribution in [-0.2, 0) is 21.8 Å². The fourth-order valence-electron chi connectivity index (χ4n) is 3.92. The minimum Gasteiger partial charge on any atom is -0.386 e. The molecule has 5 N–H and O–H groups in total. The Morgan fingerprint density at radius 3 is 2.19 bits per heavy atom. The zero-order valence-electron chi connectivity index (χ0n) is 19.4. The summed E-state index contributed by atoms with van der Waals surface area (Å²) in [6, 6.07) is 5.59. The highest BCUT2D eigenvalue weighted by atomic mass is 19.4. The number of halogens is 7. The van der Waals surface area contributed by atoms with Crippen LogP contribution in [0.2, 0.25) is 0 Å². The largest absolute Gasteiger partial charge is 0.416 e. The third-order valence-corrected chi connectivity index (χ3v) is 5.60. The Labute approximate surface area is 207 Å². The normalized spacial score (nSPS) is 21.6. The van der Waals surface area contributed by atoms with Gasteiger partial charge in [0.2, 0.25) is 6.35 Å². The van der Waals surface area contributed by atoms with Crippen molar-refractivity contribution in [3.8, 4) is 0 Å². The molecular formula is C23H25F7N4O3. The minimum atomic E-state index is -5.02. The number of hydrogen-bond acceptors (Lipinski definition) is 6. The van der Waals surface area contributed by atoms with Crippen molar-refractivity contribution < 1.29 is 45.3 Å². The average molecular weight is 538 g/mol. The molecule has 37 heavy (non-hydrogen) atoms. The number of aliphatic hydroxyl groups excluding tert-OH is 1. The highest BCUT2D eigenvalue weighted by Crippen LogP contribution is 2.39. The van der Waals surface area contributed by atoms with Gasteiger partial charge in [-0.1, -0.05) is 12.1 Å². The number of aliphatic imine (C=N–C) groups is 1. The lowest BCUT2D eigenvalue weighted by atomic mass is 10.0. The molecule has 3 rings (SSSR count). The second-order valence-corrected chi connectivity index (χ2v) is 8.36. The van der Waals surface area contributed by atoms with Gasteiger partial charge in [-0.15, -0.1) is 0 Å². The minimum absolute atomic E-state index is 0.0321. The number of nitrogens with two attached hydrogens (primary N) is 2. The highest BCUT2D eigenvalue weighted by Gasteiger charge is 2.39. The average Bonchev–Trinajstić information content (AvgIpc) is 2.78. The first kappa shape index (κ1) is 28.8. The molecule has 2 aromatic rings. The summed E-state index contributed by atoms with van der Waals surface area (Å²) in [6.45, 7) is 1.56. The maximum atomic E-state index is 13.6. The molecular weight excluding hydrogens is 513 g/mol. The van der Waals surface area contributed by atoms with Crippen molar-refractivity contribution in [1.29, 1.82) is 0 Å². The molecule has 1 aliphatic heterocycles. The van der Waals surface area contributed by atoms with Crippen LogP contribution in [0.3, 0.4) is 0 Å². The molecule has 0 amide bonds. The maximum absolute atomic E-state index is 13.6. The SMILES string of the molecule is C[C@@H](O[C@H]1OCCN(CC(N)=NC(N)O)[C@H]1c1ccc(F)cc1)c1cc(C(F)(F)F)cc(C(F)(F)F)c1. The quantitative estimate of drug-likeness (QED) is 0.214. The molecule has 204 valence electrons. The van der Waals surface area contributed by atoms with Crippen LogP contribution in [-0.4, -0.2) is 48.2 Å². The zero-order chi connectivity index (χ0) is 27.5. The third kappa shape index (κ3) is 7.61. The fourth-order valence-corrected chi connectivity index (χ4v) is 3.92. The number of hydrogen-bond donors (Lipinski definition) is 3. The van der Waals surface area contributed by atoms with Crippen LogP contribution in [0.15, 0.2) is 47.5 Å². The number of amidine groups is 1. The van der Waals surface area contributed by atoms with Gasteiger partial charge in [-0.2, -0.15) is 26.3 Å². The van der Waals surface area contributed by atoms with E-state index in [-0.39, 0.29) is 37.2 Å². The summed E-state index contributed by atoms with van der Waals surface area (Å²) < 4.78 is 105. The van der Waals surface area contributed by atoms with Crippen molar-refractivity contribution in [1.82, 2.24) is 4.90 Å². The van der Waals surface area contributed by atoms with E-state index in [1.807, 2.05) is 0 Å². The van der Waals surface area contributed by atoms with E-state index >= 15 is 0 Å². The van der Waals surface area contributed by atoms with E-state index in [2.05, 4.69) is 4.99 Å². The number of morpholine rings is 1. The summed E-state index contributed by atoms with van der Waals surface area (Å²) in [5, 5.41) is 9.26. The molecule has 7 nitrogen and oxygen atoms in total. The molecule has 0 bridgehead atoms. The molecule has 1 fully saturated rings. The molecule has 0 radical (unpaired) electrons. The van der Waals surface area contributed by atoms with Crippen molar-refractivity contribution in [3.63, 3.8) is 0 Å². The summed E-state index contributed by atoms with van der Waals surface area (Å²) in [5.74, 6) is -0.586. The van der Waals surface area contributed by atoms with Crippen LogP contribution < -0.4 is 11.5 Å². The van der Waals surface area contributed by atoms with Crippen LogP contribution in [0.4, 0.5) is 30.7 Å². The number of nitrogens with zero attached hydrogens (tertiary/aromatic N) is 2. The Morgan fingerprint density at radius 1 is 1.11 bits per heavy atom. The molecule has 0 spiro atoms. The van der Waals surface area contributed by atoms with E-state index in [1.54, 1.807) is 4.90 Å². The van der Waals surface area contributed by atoms with E-state index in [9.17, 15) is 35.8 Å². The number of ether oxygens (including phenoxy) is 2. The van der Waals surface area contributed by atoms with Gasteiger partial charge < -0.3 is 20.3 Å². The molecule has 1 unspecified atom stereocenters. The number of alkyl halides is 6. The standard InChI is InChI=1S/C23H25F7N4O3/c1-12(14-8-15(22(25,26)27)10-16(9-14)23(28,29)30)37-20-19(13-2-4-17(24)5-3-13)34(6-7-36-20)11-18(31)33-21(32)35/h2-5,8-10,12,19-21,35H,6-7,11,32H2,1H3,(H2,31,33)/t12-,19+,20-,21?/m1/s1. The van der Waals surface area contributed by atoms with Gasteiger partial charge in [0.25, 0.3) is 0 Å². The van der Waals surface area contributed by atoms with Crippen LogP contribution in [0, 0.1) is 5.82 Å². The van der Waals surface area contributed by atoms with Gasteiger partial charge in [-0.05, 0) is 48.4 Å². The van der Waals surface area contributed by atoms with E-state index in [0.29, 0.717) is 17.7 Å². The molecule has 1 heterocycles. The second kappa shape index (κ2) is 11.3. The summed E-state index contributed by atoms with van der Waals surface area (Å²) in [6.07, 6.45) is -14.1. The molecule has 0 saturated carbocycles. The predicted molar refractivity (Wildman–Crippen MR) is 118 cm³/mol. The topological polar surface area (TPSA) is 106 Å². The summed E-state index contributed by atoms with van der Waals surface area (Å²) >= 11 is 0. The fraction of sp³-hybridized carbons (Fsp3) is 0.435. The lowest BCUT2D eigenvalue weighted by Gasteiger charge is -2.42. The first-order chi connectivity index (χ1) is 17.1. The summed E-state index contributed by atoms with van der Waals surface area (Å²) in [5.41, 5.74) is 8.22. The van der Waals surface area contributed by atoms with Crippen LogP contribution >= 0.6 is 0 Å². The van der Waals surface area contributed by atoms with Crippen molar-refractivity contribution >= 4 is 5.84 Å². The van der Waals surface area contributed by atoms with Gasteiger partial charge in [-0.3, -0.25) is 10.6 Å². The number of benzene rings is 2. The van der Waals surface area contributed by atoms with E-state index in [1.165, 1.54) is 31.2 Å². The monoisotopic (exact) mass is 538 g/mol. The van der Waals surface area contributed by atoms with Crippen molar-refractivity contribution in [2.45, 2.75) is 44.1 Å². The van der Waals surface area contributed by atoms with Gasteiger partial charge in [-0.25, -0.2) is 9.38 Å². The van der Waals surface area contributed by atoms with Crippen LogP contribution in [0.1, 0.15) is 41.3 Å². The zero-order valence-corrected chi connectivity index (χ0v) is 19.4. The molecule has 4 atom stereocenters. The maximum Gasteiger partial charge on any atom is 0.416 e. The first-order valence-corrected chi connectivity index (χ1v) is 11.0. The Morgan fingerprint density at radius 2 is 1.68 bits per heavy atom. The molecule has 2 aromatic carbocycles. The van der Waals surface area contributed by atoms with Crippen molar-refractivity contribution in [2.24, 2.45) is 16.5 Å². The summed E-state index contributed by atoms with van der Waals surface area (Å²) in [7, 11) is 0. The van der Waals surface area contributed by atoms with Gasteiger partial charge in [0.05, 0.1) is 36.4 Å². The van der Waals surface area contributed by atoms with Crippen molar-refractivity contribution in [2.75, 3.05) is 19.7 Å². The van der Waals surface area contributed by atoms with Crippen LogP contribution in [0.25, 0.3) is 0 Å². The van der Waals surface area contributed by atoms with Gasteiger partial charge in [0, 0.05) is 6.54 Å². The van der Waals surface area contributed by atoms with E-state index < -0.39 is 54.1 Å². The summed E-state index contributed by atoms with van der Waals surface area (Å²) in [4.78, 5) is 5.34. The molecule has 1 aliphatic rings. The number of rotatable bonds is 7. The van der Waals surface area contributed by atoms with Gasteiger partial charge >= 0.3 is 12.4 Å². The lowest BCUT2D eigenvalue weighted by Crippen LogP contribution is -2.49. The highest BCUT2D eigenvalue weighted by molar-refractivity contribution is 5.82. The molecule has 14 heteroatoms. The van der Waals surface area contributed by atoms with Crippen LogP contribution in [0.5, 0.6) is 0 Å². The molecule has 0 aromatic heterocycles. The van der Waals surface area contributed by atoms with Gasteiger partial charge in [0.1, 0.15) is 11.7 Å². The first-order valence-electron chi connectivity index (χ1n) is 11.0. The van der Waals surface area contributed by atoms with E-state index in [4.69, 9.17) is 20.9 Å². The Kier molecular flexibility index (Phi) is 8.80. The van der Waals surface area contributed by atoms with Crippen molar-refractivity contribution in [3.05, 3.63) is 70.5 Å². The third-order valence-electron chi connectivity index (χ3n) is 5.60. The smallest absolute Gasteiger partial charge is 0.386 e. The Bertz CT molecular complexity index is 1060. The van der Waals surface area contributed by atoms with E-state index in [0.717, 1.165) is 0 Å². The second-order valence-electron chi connectivity index (χ2n) is 8.36. The van der Waals surface area contributed by atoms with Gasteiger partial charge in [0.15, 0.2) is 6.29 Å². The molecule has 0 aliphatic carbocycles.